The SMILES string of the molecule is O=C(Nc1n[nH]c2c1CN(S(=O)(=O)c1cc(F)cc(F)c1)CC2)c1cccnc1NC(=O)[C@H]1CCCO1. The molecule has 2 aliphatic heterocycles. The van der Waals surface area contributed by atoms with Crippen molar-refractivity contribution in [1.82, 2.24) is 19.5 Å². The molecule has 3 N–H and O–H groups in total. The zero-order valence-electron chi connectivity index (χ0n) is 19.3. The number of rotatable bonds is 6. The van der Waals surface area contributed by atoms with Crippen LogP contribution >= 0.6 is 0 Å². The molecule has 0 radical (unpaired) electrons. The van der Waals surface area contributed by atoms with Crippen molar-refractivity contribution >= 4 is 33.5 Å². The van der Waals surface area contributed by atoms with Crippen LogP contribution in [0.25, 0.3) is 0 Å². The number of benzene rings is 1. The van der Waals surface area contributed by atoms with Crippen molar-refractivity contribution in [3.05, 3.63) is 65.0 Å². The van der Waals surface area contributed by atoms with Crippen LogP contribution in [-0.2, 0) is 32.5 Å². The topological polar surface area (TPSA) is 146 Å². The van der Waals surface area contributed by atoms with Gasteiger partial charge in [0, 0.05) is 49.6 Å². The Hall–Kier alpha value is -3.75. The summed E-state index contributed by atoms with van der Waals surface area (Å²) in [6, 6.07) is 5.10. The number of hydrogen-bond acceptors (Lipinski definition) is 7. The van der Waals surface area contributed by atoms with Crippen LogP contribution in [0, 0.1) is 11.6 Å². The molecule has 3 aromatic rings. The maximum absolute atomic E-state index is 13.7. The molecule has 1 fully saturated rings. The average Bonchev–Trinajstić information content (AvgIpc) is 3.54. The molecular weight excluding hydrogens is 510 g/mol. The van der Waals surface area contributed by atoms with E-state index < -0.39 is 44.5 Å². The summed E-state index contributed by atoms with van der Waals surface area (Å²) in [5.41, 5.74) is 1.10. The van der Waals surface area contributed by atoms with Gasteiger partial charge in [-0.25, -0.2) is 22.2 Å². The predicted octanol–water partition coefficient (Wildman–Crippen LogP) is 2.20. The number of carbonyl (C=O) groups excluding carboxylic acids is 2. The minimum atomic E-state index is -4.22. The highest BCUT2D eigenvalue weighted by atomic mass is 32.2. The molecule has 14 heteroatoms. The van der Waals surface area contributed by atoms with Gasteiger partial charge in [0.1, 0.15) is 23.6 Å². The van der Waals surface area contributed by atoms with Gasteiger partial charge in [-0.2, -0.15) is 9.40 Å². The molecule has 0 bridgehead atoms. The van der Waals surface area contributed by atoms with Crippen molar-refractivity contribution in [2.24, 2.45) is 0 Å². The van der Waals surface area contributed by atoms with E-state index in [1.807, 2.05) is 0 Å². The van der Waals surface area contributed by atoms with E-state index in [0.29, 0.717) is 30.4 Å². The molecule has 2 aromatic heterocycles. The van der Waals surface area contributed by atoms with Crippen LogP contribution in [0.2, 0.25) is 0 Å². The first-order valence-electron chi connectivity index (χ1n) is 11.4. The highest BCUT2D eigenvalue weighted by Gasteiger charge is 2.32. The number of carbonyl (C=O) groups is 2. The second-order valence-electron chi connectivity index (χ2n) is 8.57. The number of H-pyrrole nitrogens is 1. The van der Waals surface area contributed by atoms with Gasteiger partial charge < -0.3 is 15.4 Å². The third-order valence-electron chi connectivity index (χ3n) is 6.12. The third-order valence-corrected chi connectivity index (χ3v) is 7.94. The lowest BCUT2D eigenvalue weighted by Crippen LogP contribution is -2.36. The molecule has 1 saturated heterocycles. The summed E-state index contributed by atoms with van der Waals surface area (Å²) < 4.78 is 59.8. The van der Waals surface area contributed by atoms with Gasteiger partial charge in [-0.3, -0.25) is 14.7 Å². The zero-order valence-corrected chi connectivity index (χ0v) is 20.1. The molecule has 1 atom stereocenters. The summed E-state index contributed by atoms with van der Waals surface area (Å²) in [5.74, 6) is -2.92. The molecule has 1 aromatic carbocycles. The molecule has 2 aliphatic rings. The number of nitrogens with one attached hydrogen (secondary N) is 3. The Bertz CT molecular complexity index is 1450. The number of aromatic amines is 1. The third kappa shape index (κ3) is 5.08. The normalized spacial score (nSPS) is 17.8. The number of sulfonamides is 1. The van der Waals surface area contributed by atoms with Gasteiger partial charge in [0.2, 0.25) is 10.0 Å². The monoisotopic (exact) mass is 532 g/mol. The summed E-state index contributed by atoms with van der Waals surface area (Å²) in [7, 11) is -4.22. The van der Waals surface area contributed by atoms with Gasteiger partial charge in [0.05, 0.1) is 10.5 Å². The summed E-state index contributed by atoms with van der Waals surface area (Å²) >= 11 is 0. The molecule has 0 saturated carbocycles. The van der Waals surface area contributed by atoms with E-state index in [1.54, 1.807) is 0 Å². The van der Waals surface area contributed by atoms with Crippen molar-refractivity contribution in [2.45, 2.75) is 36.8 Å². The smallest absolute Gasteiger partial charge is 0.260 e. The van der Waals surface area contributed by atoms with Crippen molar-refractivity contribution in [3.8, 4) is 0 Å². The Labute approximate surface area is 210 Å². The molecule has 5 rings (SSSR count). The first-order valence-corrected chi connectivity index (χ1v) is 12.9. The second kappa shape index (κ2) is 9.95. The van der Waals surface area contributed by atoms with E-state index in [1.165, 1.54) is 18.3 Å². The highest BCUT2D eigenvalue weighted by Crippen LogP contribution is 2.29. The van der Waals surface area contributed by atoms with Gasteiger partial charge in [0.15, 0.2) is 5.82 Å². The molecule has 2 amide bonds. The standard InChI is InChI=1S/C23H22F2N6O5S/c24-13-9-14(25)11-15(10-13)37(34,35)31-7-5-18-17(12-31)21(30-29-18)28-22(32)16-3-1-6-26-20(16)27-23(33)19-4-2-8-36-19/h1,3,6,9-11,19H,2,4-5,7-8,12H2,(H,26,27,33)(H2,28,29,30,32)/t19-/m1/s1. The van der Waals surface area contributed by atoms with Crippen molar-refractivity contribution in [1.29, 1.82) is 0 Å². The Balaban J connectivity index is 1.35. The van der Waals surface area contributed by atoms with Crippen LogP contribution < -0.4 is 10.6 Å². The fourth-order valence-electron chi connectivity index (χ4n) is 4.25. The van der Waals surface area contributed by atoms with Crippen LogP contribution in [0.4, 0.5) is 20.4 Å². The Morgan fingerprint density at radius 1 is 1.14 bits per heavy atom. The molecular formula is C23H22F2N6O5S. The molecule has 194 valence electrons. The fraction of sp³-hybridized carbons (Fsp3) is 0.304. The molecule has 0 spiro atoms. The van der Waals surface area contributed by atoms with Crippen molar-refractivity contribution in [2.75, 3.05) is 23.8 Å². The van der Waals surface area contributed by atoms with Gasteiger partial charge in [-0.15, -0.1) is 0 Å². The highest BCUT2D eigenvalue weighted by molar-refractivity contribution is 7.89. The van der Waals surface area contributed by atoms with Crippen LogP contribution in [0.1, 0.15) is 34.5 Å². The Morgan fingerprint density at radius 2 is 1.92 bits per heavy atom. The van der Waals surface area contributed by atoms with Crippen LogP contribution in [0.5, 0.6) is 0 Å². The number of aromatic nitrogens is 3. The maximum Gasteiger partial charge on any atom is 0.260 e. The summed E-state index contributed by atoms with van der Waals surface area (Å²) in [5, 5.41) is 12.1. The number of halogens is 2. The van der Waals surface area contributed by atoms with Gasteiger partial charge in [0.25, 0.3) is 11.8 Å². The van der Waals surface area contributed by atoms with Crippen molar-refractivity contribution < 1.29 is 31.5 Å². The van der Waals surface area contributed by atoms with E-state index in [0.717, 1.165) is 22.9 Å². The summed E-state index contributed by atoms with van der Waals surface area (Å²) in [4.78, 5) is 29.1. The lowest BCUT2D eigenvalue weighted by Gasteiger charge is -2.26. The molecule has 0 aliphatic carbocycles. The lowest BCUT2D eigenvalue weighted by atomic mass is 10.1. The lowest BCUT2D eigenvalue weighted by molar-refractivity contribution is -0.124. The zero-order chi connectivity index (χ0) is 26.2. The van der Waals surface area contributed by atoms with E-state index in [4.69, 9.17) is 4.74 Å². The molecule has 37 heavy (non-hydrogen) atoms. The van der Waals surface area contributed by atoms with E-state index in [9.17, 15) is 26.8 Å². The quantitative estimate of drug-likeness (QED) is 0.441. The van der Waals surface area contributed by atoms with Crippen molar-refractivity contribution in [3.63, 3.8) is 0 Å². The summed E-state index contributed by atoms with van der Waals surface area (Å²) in [6.45, 7) is 0.349. The van der Waals surface area contributed by atoms with Gasteiger partial charge in [-0.05, 0) is 37.1 Å². The minimum Gasteiger partial charge on any atom is -0.368 e. The van der Waals surface area contributed by atoms with Crippen LogP contribution in [0.15, 0.2) is 41.4 Å². The Morgan fingerprint density at radius 3 is 2.65 bits per heavy atom. The number of fused-ring (bicyclic) bond motifs is 1. The Kier molecular flexibility index (Phi) is 6.70. The summed E-state index contributed by atoms with van der Waals surface area (Å²) in [6.07, 6.45) is 2.39. The minimum absolute atomic E-state index is 0.0437. The van der Waals surface area contributed by atoms with Crippen LogP contribution in [-0.4, -0.2) is 59.0 Å². The molecule has 0 unspecified atom stereocenters. The maximum atomic E-state index is 13.7. The molecule has 4 heterocycles. The average molecular weight is 533 g/mol. The first kappa shape index (κ1) is 24.9. The van der Waals surface area contributed by atoms with Gasteiger partial charge >= 0.3 is 0 Å². The first-order chi connectivity index (χ1) is 17.7. The molecule has 11 nitrogen and oxygen atoms in total. The number of nitrogens with zero attached hydrogens (tertiary/aromatic N) is 3. The number of amides is 2. The number of anilines is 2. The largest absolute Gasteiger partial charge is 0.368 e. The van der Waals surface area contributed by atoms with Gasteiger partial charge in [-0.1, -0.05) is 0 Å². The van der Waals surface area contributed by atoms with E-state index in [2.05, 4.69) is 25.8 Å². The predicted molar refractivity (Wildman–Crippen MR) is 126 cm³/mol. The fourth-order valence-corrected chi connectivity index (χ4v) is 5.70. The second-order valence-corrected chi connectivity index (χ2v) is 10.5. The number of hydrogen-bond donors (Lipinski definition) is 3. The number of pyridine rings is 1. The van der Waals surface area contributed by atoms with Crippen LogP contribution in [0.3, 0.4) is 0 Å². The van der Waals surface area contributed by atoms with E-state index >= 15 is 0 Å². The number of ether oxygens (including phenoxy) is 1. The van der Waals surface area contributed by atoms with E-state index in [-0.39, 0.29) is 36.7 Å².